The van der Waals surface area contributed by atoms with Gasteiger partial charge in [0.25, 0.3) is 0 Å². The summed E-state index contributed by atoms with van der Waals surface area (Å²) < 4.78 is 5.66. The predicted octanol–water partition coefficient (Wildman–Crippen LogP) is 3.53. The number of rotatable bonds is 5. The second kappa shape index (κ2) is 8.58. The zero-order chi connectivity index (χ0) is 17.5. The fourth-order valence-corrected chi connectivity index (χ4v) is 2.85. The monoisotopic (exact) mass is 340 g/mol. The van der Waals surface area contributed by atoms with Crippen LogP contribution in [-0.2, 0) is 4.74 Å². The minimum atomic E-state index is -0.199. The third kappa shape index (κ3) is 5.26. The van der Waals surface area contributed by atoms with Crippen molar-refractivity contribution in [1.82, 2.24) is 15.3 Å². The normalized spacial score (nSPS) is 17.1. The molecule has 2 heterocycles. The molecule has 0 unspecified atom stereocenters. The molecule has 3 rings (SSSR count). The molecule has 0 bridgehead atoms. The summed E-state index contributed by atoms with van der Waals surface area (Å²) in [6, 6.07) is 9.17. The van der Waals surface area contributed by atoms with Gasteiger partial charge in [0.05, 0.1) is 6.10 Å². The Kier molecular flexibility index (Phi) is 5.95. The van der Waals surface area contributed by atoms with E-state index in [1.54, 1.807) is 6.20 Å². The van der Waals surface area contributed by atoms with E-state index in [1.165, 1.54) is 6.42 Å². The lowest BCUT2D eigenvalue weighted by Gasteiger charge is -2.22. The van der Waals surface area contributed by atoms with Crippen LogP contribution in [0, 0.1) is 6.92 Å². The van der Waals surface area contributed by atoms with E-state index < -0.39 is 0 Å². The van der Waals surface area contributed by atoms with Crippen LogP contribution in [0.3, 0.4) is 0 Å². The highest BCUT2D eigenvalue weighted by Gasteiger charge is 2.13. The average molecular weight is 340 g/mol. The minimum absolute atomic E-state index is 0.199. The molecule has 0 radical (unpaired) electrons. The fourth-order valence-electron chi connectivity index (χ4n) is 2.85. The van der Waals surface area contributed by atoms with Crippen LogP contribution in [0.1, 0.15) is 31.4 Å². The number of hydrogen-bond donors (Lipinski definition) is 2. The standard InChI is InChI=1S/C19H24N4O2/c1-14-9-11-20-18(22-14)15-5-7-16(8-6-15)23-19(24)21-12-10-17-4-2-3-13-25-17/h5-9,11,17H,2-4,10,12-13H2,1H3,(H2,21,23,24)/t17-/m1/s1. The van der Waals surface area contributed by atoms with Crippen LogP contribution < -0.4 is 10.6 Å². The Balaban J connectivity index is 1.46. The van der Waals surface area contributed by atoms with Gasteiger partial charge in [0.1, 0.15) is 0 Å². The number of nitrogens with one attached hydrogen (secondary N) is 2. The Labute approximate surface area is 148 Å². The first kappa shape index (κ1) is 17.4. The van der Waals surface area contributed by atoms with E-state index in [1.807, 2.05) is 37.3 Å². The van der Waals surface area contributed by atoms with Gasteiger partial charge in [-0.25, -0.2) is 14.8 Å². The molecule has 2 amide bonds. The molecular formula is C19H24N4O2. The quantitative estimate of drug-likeness (QED) is 0.873. The maximum absolute atomic E-state index is 12.0. The molecule has 2 N–H and O–H groups in total. The Morgan fingerprint density at radius 2 is 2.08 bits per heavy atom. The molecule has 1 aromatic carbocycles. The second-order valence-corrected chi connectivity index (χ2v) is 6.26. The Bertz CT molecular complexity index is 697. The van der Waals surface area contributed by atoms with Crippen LogP contribution in [0.2, 0.25) is 0 Å². The third-order valence-electron chi connectivity index (χ3n) is 4.22. The molecule has 1 saturated heterocycles. The lowest BCUT2D eigenvalue weighted by Crippen LogP contribution is -2.32. The van der Waals surface area contributed by atoms with Crippen LogP contribution in [0.5, 0.6) is 0 Å². The molecule has 1 aromatic heterocycles. The number of benzene rings is 1. The molecule has 0 saturated carbocycles. The molecule has 0 spiro atoms. The summed E-state index contributed by atoms with van der Waals surface area (Å²) in [6.45, 7) is 3.39. The van der Waals surface area contributed by atoms with E-state index >= 15 is 0 Å². The maximum Gasteiger partial charge on any atom is 0.319 e. The molecule has 1 fully saturated rings. The maximum atomic E-state index is 12.0. The number of aryl methyl sites for hydroxylation is 1. The first-order valence-electron chi connectivity index (χ1n) is 8.77. The topological polar surface area (TPSA) is 76.1 Å². The number of carbonyl (C=O) groups is 1. The second-order valence-electron chi connectivity index (χ2n) is 6.26. The van der Waals surface area contributed by atoms with Crippen LogP contribution in [0.15, 0.2) is 36.5 Å². The molecule has 1 aliphatic rings. The van der Waals surface area contributed by atoms with E-state index in [4.69, 9.17) is 4.74 Å². The summed E-state index contributed by atoms with van der Waals surface area (Å²) in [5.41, 5.74) is 2.58. The lowest BCUT2D eigenvalue weighted by molar-refractivity contribution is 0.0120. The van der Waals surface area contributed by atoms with Gasteiger partial charge in [-0.2, -0.15) is 0 Å². The summed E-state index contributed by atoms with van der Waals surface area (Å²) in [4.78, 5) is 20.6. The fraction of sp³-hybridized carbons (Fsp3) is 0.421. The van der Waals surface area contributed by atoms with Crippen molar-refractivity contribution in [1.29, 1.82) is 0 Å². The highest BCUT2D eigenvalue weighted by Crippen LogP contribution is 2.18. The van der Waals surface area contributed by atoms with Crippen molar-refractivity contribution >= 4 is 11.7 Å². The first-order valence-corrected chi connectivity index (χ1v) is 8.77. The van der Waals surface area contributed by atoms with E-state index in [2.05, 4.69) is 20.6 Å². The summed E-state index contributed by atoms with van der Waals surface area (Å²) >= 11 is 0. The van der Waals surface area contributed by atoms with Crippen LogP contribution >= 0.6 is 0 Å². The Morgan fingerprint density at radius 1 is 1.24 bits per heavy atom. The zero-order valence-electron chi connectivity index (χ0n) is 14.5. The third-order valence-corrected chi connectivity index (χ3v) is 4.22. The van der Waals surface area contributed by atoms with E-state index in [0.29, 0.717) is 12.4 Å². The summed E-state index contributed by atoms with van der Waals surface area (Å²) in [6.07, 6.45) is 6.33. The number of urea groups is 1. The van der Waals surface area contributed by atoms with E-state index in [-0.39, 0.29) is 12.1 Å². The van der Waals surface area contributed by atoms with Crippen LogP contribution in [-0.4, -0.2) is 35.3 Å². The molecule has 1 atom stereocenters. The predicted molar refractivity (Wildman–Crippen MR) is 97.4 cm³/mol. The molecular weight excluding hydrogens is 316 g/mol. The smallest absolute Gasteiger partial charge is 0.319 e. The van der Waals surface area contributed by atoms with Gasteiger partial charge in [0.2, 0.25) is 0 Å². The van der Waals surface area contributed by atoms with Crippen molar-refractivity contribution < 1.29 is 9.53 Å². The van der Waals surface area contributed by atoms with Crippen molar-refractivity contribution in [3.8, 4) is 11.4 Å². The molecule has 0 aliphatic carbocycles. The molecule has 6 heteroatoms. The highest BCUT2D eigenvalue weighted by atomic mass is 16.5. The minimum Gasteiger partial charge on any atom is -0.378 e. The largest absolute Gasteiger partial charge is 0.378 e. The van der Waals surface area contributed by atoms with Crippen molar-refractivity contribution in [3.05, 3.63) is 42.2 Å². The van der Waals surface area contributed by atoms with Gasteiger partial charge >= 0.3 is 6.03 Å². The highest BCUT2D eigenvalue weighted by molar-refractivity contribution is 5.89. The number of hydrogen-bond acceptors (Lipinski definition) is 4. The number of carbonyl (C=O) groups excluding carboxylic acids is 1. The average Bonchev–Trinajstić information content (AvgIpc) is 2.63. The number of ether oxygens (including phenoxy) is 1. The van der Waals surface area contributed by atoms with E-state index in [0.717, 1.165) is 42.8 Å². The van der Waals surface area contributed by atoms with Gasteiger partial charge < -0.3 is 15.4 Å². The van der Waals surface area contributed by atoms with Crippen molar-refractivity contribution in [2.75, 3.05) is 18.5 Å². The summed E-state index contributed by atoms with van der Waals surface area (Å²) in [5.74, 6) is 0.684. The van der Waals surface area contributed by atoms with Gasteiger partial charge in [-0.1, -0.05) is 0 Å². The Hall–Kier alpha value is -2.47. The zero-order valence-corrected chi connectivity index (χ0v) is 14.5. The number of nitrogens with zero attached hydrogens (tertiary/aromatic N) is 2. The van der Waals surface area contributed by atoms with Crippen LogP contribution in [0.4, 0.5) is 10.5 Å². The van der Waals surface area contributed by atoms with Crippen molar-refractivity contribution in [2.24, 2.45) is 0 Å². The van der Waals surface area contributed by atoms with Crippen molar-refractivity contribution in [2.45, 2.75) is 38.7 Å². The molecule has 2 aromatic rings. The van der Waals surface area contributed by atoms with Gasteiger partial charge in [-0.15, -0.1) is 0 Å². The Morgan fingerprint density at radius 3 is 2.80 bits per heavy atom. The summed E-state index contributed by atoms with van der Waals surface area (Å²) in [7, 11) is 0. The number of anilines is 1. The lowest BCUT2D eigenvalue weighted by atomic mass is 10.1. The summed E-state index contributed by atoms with van der Waals surface area (Å²) in [5, 5.41) is 5.72. The molecule has 25 heavy (non-hydrogen) atoms. The number of amides is 2. The van der Waals surface area contributed by atoms with Crippen LogP contribution in [0.25, 0.3) is 11.4 Å². The molecule has 6 nitrogen and oxygen atoms in total. The van der Waals surface area contributed by atoms with Gasteiger partial charge in [0.15, 0.2) is 5.82 Å². The van der Waals surface area contributed by atoms with Crippen molar-refractivity contribution in [3.63, 3.8) is 0 Å². The van der Waals surface area contributed by atoms with Gasteiger partial charge in [0, 0.05) is 36.3 Å². The number of aromatic nitrogens is 2. The molecule has 1 aliphatic heterocycles. The van der Waals surface area contributed by atoms with Gasteiger partial charge in [-0.05, 0) is 62.9 Å². The SMILES string of the molecule is Cc1ccnc(-c2ccc(NC(=O)NCC[C@H]3CCCCO3)cc2)n1. The van der Waals surface area contributed by atoms with Gasteiger partial charge in [-0.3, -0.25) is 0 Å². The molecule has 132 valence electrons. The first-order chi connectivity index (χ1) is 12.2. The van der Waals surface area contributed by atoms with E-state index in [9.17, 15) is 4.79 Å².